The molecule has 0 saturated heterocycles. The zero-order chi connectivity index (χ0) is 15.9. The van der Waals surface area contributed by atoms with Crippen molar-refractivity contribution in [3.8, 4) is 10.4 Å². The summed E-state index contributed by atoms with van der Waals surface area (Å²) in [7, 11) is 0. The van der Waals surface area contributed by atoms with Crippen LogP contribution in [0.5, 0.6) is 0 Å². The van der Waals surface area contributed by atoms with E-state index in [9.17, 15) is 4.79 Å². The molecule has 2 aromatic heterocycles. The maximum absolute atomic E-state index is 12.9. The molecular weight excluding hydrogens is 318 g/mol. The molecule has 0 N–H and O–H groups in total. The van der Waals surface area contributed by atoms with Gasteiger partial charge in [0.15, 0.2) is 5.78 Å². The number of benzene rings is 1. The highest BCUT2D eigenvalue weighted by Crippen LogP contribution is 2.38. The van der Waals surface area contributed by atoms with Gasteiger partial charge in [0.25, 0.3) is 0 Å². The van der Waals surface area contributed by atoms with Crippen LogP contribution in [0.3, 0.4) is 0 Å². The van der Waals surface area contributed by atoms with E-state index >= 15 is 0 Å². The quantitative estimate of drug-likeness (QED) is 0.618. The molecule has 2 heterocycles. The minimum atomic E-state index is -0.00545. The lowest BCUT2D eigenvalue weighted by molar-refractivity contribution is 0.103. The topological polar surface area (TPSA) is 43.1 Å². The summed E-state index contributed by atoms with van der Waals surface area (Å²) in [4.78, 5) is 15.0. The lowest BCUT2D eigenvalue weighted by Crippen LogP contribution is -2.03. The molecule has 0 saturated carbocycles. The summed E-state index contributed by atoms with van der Waals surface area (Å²) in [6, 6.07) is 6.96. The van der Waals surface area contributed by atoms with Crippen LogP contribution in [0.2, 0.25) is 5.02 Å². The maximum Gasteiger partial charge on any atom is 0.194 e. The number of aromatic nitrogens is 1. The van der Waals surface area contributed by atoms with E-state index in [4.69, 9.17) is 16.1 Å². The van der Waals surface area contributed by atoms with E-state index in [1.54, 1.807) is 41.9 Å². The van der Waals surface area contributed by atoms with Crippen LogP contribution in [-0.2, 0) is 0 Å². The fourth-order valence-corrected chi connectivity index (χ4v) is 3.69. The summed E-state index contributed by atoms with van der Waals surface area (Å²) in [5, 5.41) is 4.54. The second-order valence-corrected chi connectivity index (χ2v) is 6.80. The Bertz CT molecular complexity index is 846. The number of hydrogen-bond acceptors (Lipinski definition) is 4. The van der Waals surface area contributed by atoms with Crippen molar-refractivity contribution in [2.75, 3.05) is 0 Å². The SMILES string of the molecule is Cc1nocc1-c1sc(C)c(C)c1C(=O)c1ccc(Cl)cc1. The van der Waals surface area contributed by atoms with Crippen molar-refractivity contribution in [2.45, 2.75) is 20.8 Å². The largest absolute Gasteiger partial charge is 0.364 e. The third-order valence-corrected chi connectivity index (χ3v) is 5.21. The number of aryl methyl sites for hydroxylation is 2. The Balaban J connectivity index is 2.16. The van der Waals surface area contributed by atoms with Gasteiger partial charge in [-0.1, -0.05) is 16.8 Å². The molecule has 0 aliphatic heterocycles. The van der Waals surface area contributed by atoms with Gasteiger partial charge >= 0.3 is 0 Å². The number of thiophene rings is 1. The molecule has 0 aliphatic rings. The Hall–Kier alpha value is -1.91. The standard InChI is InChI=1S/C17H14ClNO2S/c1-9-11(3)22-17(14-8-21-19-10(14)2)15(9)16(20)12-4-6-13(18)7-5-12/h4-8H,1-3H3. The zero-order valence-corrected chi connectivity index (χ0v) is 14.0. The predicted octanol–water partition coefficient (Wildman–Crippen LogP) is 5.21. The van der Waals surface area contributed by atoms with Crippen LogP contribution in [0.15, 0.2) is 35.1 Å². The predicted molar refractivity (Wildman–Crippen MR) is 88.9 cm³/mol. The molecule has 0 atom stereocenters. The lowest BCUT2D eigenvalue weighted by Gasteiger charge is -2.05. The molecule has 3 rings (SSSR count). The summed E-state index contributed by atoms with van der Waals surface area (Å²) in [6.45, 7) is 5.87. The van der Waals surface area contributed by atoms with Gasteiger partial charge in [0, 0.05) is 21.0 Å². The highest BCUT2D eigenvalue weighted by atomic mass is 35.5. The van der Waals surface area contributed by atoms with Crippen LogP contribution < -0.4 is 0 Å². The summed E-state index contributed by atoms with van der Waals surface area (Å²) in [5.74, 6) is -0.00545. The number of ketones is 1. The monoisotopic (exact) mass is 331 g/mol. The first-order valence-corrected chi connectivity index (χ1v) is 8.00. The first-order valence-electron chi connectivity index (χ1n) is 6.80. The Morgan fingerprint density at radius 3 is 2.45 bits per heavy atom. The minimum absolute atomic E-state index is 0.00545. The van der Waals surface area contributed by atoms with Gasteiger partial charge in [-0.05, 0) is 50.6 Å². The van der Waals surface area contributed by atoms with E-state index < -0.39 is 0 Å². The van der Waals surface area contributed by atoms with Crippen LogP contribution in [0, 0.1) is 20.8 Å². The van der Waals surface area contributed by atoms with Crippen molar-refractivity contribution in [2.24, 2.45) is 0 Å². The maximum atomic E-state index is 12.9. The molecule has 0 amide bonds. The average molecular weight is 332 g/mol. The van der Waals surface area contributed by atoms with Gasteiger partial charge in [-0.15, -0.1) is 11.3 Å². The van der Waals surface area contributed by atoms with Crippen molar-refractivity contribution in [1.82, 2.24) is 5.16 Å². The van der Waals surface area contributed by atoms with E-state index in [-0.39, 0.29) is 5.78 Å². The second-order valence-electron chi connectivity index (χ2n) is 5.14. The van der Waals surface area contributed by atoms with Crippen LogP contribution >= 0.6 is 22.9 Å². The van der Waals surface area contributed by atoms with Gasteiger partial charge in [0.05, 0.1) is 16.1 Å². The normalized spacial score (nSPS) is 10.9. The smallest absolute Gasteiger partial charge is 0.194 e. The van der Waals surface area contributed by atoms with Crippen molar-refractivity contribution in [3.05, 3.63) is 62.8 Å². The first-order chi connectivity index (χ1) is 10.5. The number of halogens is 1. The van der Waals surface area contributed by atoms with Crippen LogP contribution in [-0.4, -0.2) is 10.9 Å². The van der Waals surface area contributed by atoms with E-state index in [2.05, 4.69) is 5.16 Å². The number of hydrogen-bond donors (Lipinski definition) is 0. The highest BCUT2D eigenvalue weighted by molar-refractivity contribution is 7.16. The zero-order valence-electron chi connectivity index (χ0n) is 12.4. The minimum Gasteiger partial charge on any atom is -0.364 e. The fraction of sp³-hybridized carbons (Fsp3) is 0.176. The molecule has 0 fully saturated rings. The number of carbonyl (C=O) groups excluding carboxylic acids is 1. The van der Waals surface area contributed by atoms with Gasteiger partial charge in [-0.2, -0.15) is 0 Å². The summed E-state index contributed by atoms with van der Waals surface area (Å²) >= 11 is 7.49. The van der Waals surface area contributed by atoms with Crippen molar-refractivity contribution >= 4 is 28.7 Å². The molecule has 0 radical (unpaired) electrons. The van der Waals surface area contributed by atoms with Crippen molar-refractivity contribution in [1.29, 1.82) is 0 Å². The van der Waals surface area contributed by atoms with Gasteiger partial charge in [-0.3, -0.25) is 4.79 Å². The third-order valence-electron chi connectivity index (χ3n) is 3.71. The molecular formula is C17H14ClNO2S. The second kappa shape index (κ2) is 5.71. The third kappa shape index (κ3) is 2.49. The van der Waals surface area contributed by atoms with E-state index in [0.29, 0.717) is 10.6 Å². The molecule has 1 aromatic carbocycles. The summed E-state index contributed by atoms with van der Waals surface area (Å²) in [5.41, 5.74) is 4.00. The Morgan fingerprint density at radius 1 is 1.18 bits per heavy atom. The van der Waals surface area contributed by atoms with E-state index in [1.165, 1.54) is 0 Å². The number of carbonyl (C=O) groups is 1. The Kier molecular flexibility index (Phi) is 3.89. The Morgan fingerprint density at radius 2 is 1.86 bits per heavy atom. The molecule has 0 spiro atoms. The summed E-state index contributed by atoms with van der Waals surface area (Å²) < 4.78 is 5.03. The van der Waals surface area contributed by atoms with Crippen LogP contribution in [0.4, 0.5) is 0 Å². The Labute approximate surface area is 137 Å². The van der Waals surface area contributed by atoms with Crippen LogP contribution in [0.1, 0.15) is 32.1 Å². The molecule has 22 heavy (non-hydrogen) atoms. The molecule has 5 heteroatoms. The van der Waals surface area contributed by atoms with Gasteiger partial charge < -0.3 is 4.52 Å². The number of nitrogens with zero attached hydrogens (tertiary/aromatic N) is 1. The molecule has 3 nitrogen and oxygen atoms in total. The molecule has 0 bridgehead atoms. The first kappa shape index (κ1) is 15.0. The fourth-order valence-electron chi connectivity index (χ4n) is 2.35. The van der Waals surface area contributed by atoms with Gasteiger partial charge in [0.1, 0.15) is 6.26 Å². The highest BCUT2D eigenvalue weighted by Gasteiger charge is 2.23. The van der Waals surface area contributed by atoms with Gasteiger partial charge in [-0.25, -0.2) is 0 Å². The van der Waals surface area contributed by atoms with E-state index in [1.807, 2.05) is 20.8 Å². The number of rotatable bonds is 3. The average Bonchev–Trinajstić information content (AvgIpc) is 3.03. The molecule has 112 valence electrons. The molecule has 3 aromatic rings. The van der Waals surface area contributed by atoms with Crippen LogP contribution in [0.25, 0.3) is 10.4 Å². The van der Waals surface area contributed by atoms with Gasteiger partial charge in [0.2, 0.25) is 0 Å². The lowest BCUT2D eigenvalue weighted by atomic mass is 9.97. The molecule has 0 aliphatic carbocycles. The summed E-state index contributed by atoms with van der Waals surface area (Å²) in [6.07, 6.45) is 1.60. The van der Waals surface area contributed by atoms with Crippen molar-refractivity contribution in [3.63, 3.8) is 0 Å². The van der Waals surface area contributed by atoms with E-state index in [0.717, 1.165) is 32.1 Å². The van der Waals surface area contributed by atoms with Crippen molar-refractivity contribution < 1.29 is 9.32 Å². The molecule has 0 unspecified atom stereocenters.